The normalized spacial score (nSPS) is 15.8. The summed E-state index contributed by atoms with van der Waals surface area (Å²) in [5.74, 6) is 8.67. The van der Waals surface area contributed by atoms with Crippen LogP contribution in [0.15, 0.2) is 36.5 Å². The minimum atomic E-state index is 0.559. The third-order valence-corrected chi connectivity index (χ3v) is 4.36. The van der Waals surface area contributed by atoms with Crippen LogP contribution in [0.4, 0.5) is 0 Å². The summed E-state index contributed by atoms with van der Waals surface area (Å²) in [6.07, 6.45) is 4.34. The molecule has 1 saturated carbocycles. The van der Waals surface area contributed by atoms with Crippen LogP contribution in [0.1, 0.15) is 18.5 Å². The highest BCUT2D eigenvalue weighted by Gasteiger charge is 2.18. The molecule has 4 nitrogen and oxygen atoms in total. The Hall–Kier alpha value is -2.93. The first-order chi connectivity index (χ1) is 11.9. The molecule has 5 rings (SSSR count). The zero-order valence-electron chi connectivity index (χ0n) is 13.1. The summed E-state index contributed by atoms with van der Waals surface area (Å²) in [6.45, 7) is 1.19. The first-order valence-electron chi connectivity index (χ1n) is 8.26. The average molecular weight is 316 g/mol. The molecule has 0 unspecified atom stereocenters. The van der Waals surface area contributed by atoms with Gasteiger partial charge in [0.15, 0.2) is 11.5 Å². The summed E-state index contributed by atoms with van der Waals surface area (Å²) < 4.78 is 11.3. The van der Waals surface area contributed by atoms with Crippen molar-refractivity contribution in [2.75, 3.05) is 13.2 Å². The molecule has 0 bridgehead atoms. The lowest BCUT2D eigenvalue weighted by molar-refractivity contribution is 0.171. The lowest BCUT2D eigenvalue weighted by Gasteiger charge is -2.19. The van der Waals surface area contributed by atoms with Gasteiger partial charge >= 0.3 is 0 Å². The van der Waals surface area contributed by atoms with Crippen molar-refractivity contribution in [2.24, 2.45) is 5.92 Å². The monoisotopic (exact) mass is 316 g/mol. The van der Waals surface area contributed by atoms with Gasteiger partial charge < -0.3 is 14.5 Å². The molecule has 1 fully saturated rings. The van der Waals surface area contributed by atoms with E-state index in [2.05, 4.69) is 33.9 Å². The second kappa shape index (κ2) is 5.31. The third kappa shape index (κ3) is 2.39. The Morgan fingerprint density at radius 3 is 2.79 bits per heavy atom. The molecule has 3 aromatic rings. The number of ether oxygens (including phenoxy) is 2. The molecule has 1 aromatic carbocycles. The van der Waals surface area contributed by atoms with Crippen LogP contribution >= 0.6 is 0 Å². The summed E-state index contributed by atoms with van der Waals surface area (Å²) in [6, 6.07) is 10.2. The molecule has 0 saturated heterocycles. The Bertz CT molecular complexity index is 990. The van der Waals surface area contributed by atoms with Crippen LogP contribution in [-0.2, 0) is 0 Å². The number of fused-ring (bicyclic) bond motifs is 2. The number of nitrogens with zero attached hydrogens (tertiary/aromatic N) is 1. The highest BCUT2D eigenvalue weighted by molar-refractivity contribution is 5.94. The van der Waals surface area contributed by atoms with Crippen molar-refractivity contribution in [1.82, 2.24) is 9.97 Å². The van der Waals surface area contributed by atoms with Crippen molar-refractivity contribution in [3.8, 4) is 34.5 Å². The maximum atomic E-state index is 5.72. The first-order valence-corrected chi connectivity index (χ1v) is 8.26. The van der Waals surface area contributed by atoms with E-state index in [1.54, 1.807) is 0 Å². The third-order valence-electron chi connectivity index (χ3n) is 4.36. The predicted octanol–water partition coefficient (Wildman–Crippen LogP) is 3.76. The Labute approximate surface area is 139 Å². The van der Waals surface area contributed by atoms with Crippen molar-refractivity contribution in [1.29, 1.82) is 0 Å². The number of pyridine rings is 1. The topological polar surface area (TPSA) is 47.1 Å². The maximum Gasteiger partial charge on any atom is 0.161 e. The van der Waals surface area contributed by atoms with Gasteiger partial charge in [-0.25, -0.2) is 4.98 Å². The average Bonchev–Trinajstić information content (AvgIpc) is 3.34. The fourth-order valence-electron chi connectivity index (χ4n) is 2.96. The maximum absolute atomic E-state index is 5.72. The van der Waals surface area contributed by atoms with Crippen LogP contribution in [0.5, 0.6) is 11.5 Å². The van der Waals surface area contributed by atoms with Crippen LogP contribution in [0, 0.1) is 17.8 Å². The van der Waals surface area contributed by atoms with Crippen LogP contribution in [0.2, 0.25) is 0 Å². The molecule has 4 heteroatoms. The van der Waals surface area contributed by atoms with E-state index in [4.69, 9.17) is 9.47 Å². The molecule has 1 aliphatic heterocycles. The Kier molecular flexibility index (Phi) is 2.99. The summed E-state index contributed by atoms with van der Waals surface area (Å²) in [5.41, 5.74) is 3.86. The van der Waals surface area contributed by atoms with Crippen molar-refractivity contribution < 1.29 is 9.47 Å². The van der Waals surface area contributed by atoms with Gasteiger partial charge in [0, 0.05) is 17.5 Å². The minimum Gasteiger partial charge on any atom is -0.486 e. The fourth-order valence-corrected chi connectivity index (χ4v) is 2.96. The van der Waals surface area contributed by atoms with Gasteiger partial charge in [0.2, 0.25) is 0 Å². The van der Waals surface area contributed by atoms with E-state index in [0.29, 0.717) is 19.1 Å². The van der Waals surface area contributed by atoms with Gasteiger partial charge in [-0.05, 0) is 54.2 Å². The smallest absolute Gasteiger partial charge is 0.161 e. The molecule has 3 heterocycles. The molecule has 0 spiro atoms. The minimum absolute atomic E-state index is 0.559. The number of benzene rings is 1. The molecule has 1 aliphatic carbocycles. The second-order valence-electron chi connectivity index (χ2n) is 6.20. The number of H-pyrrole nitrogens is 1. The molecule has 0 radical (unpaired) electrons. The largest absolute Gasteiger partial charge is 0.486 e. The van der Waals surface area contributed by atoms with E-state index >= 15 is 0 Å². The van der Waals surface area contributed by atoms with Crippen LogP contribution in [0.25, 0.3) is 22.2 Å². The molecule has 118 valence electrons. The van der Waals surface area contributed by atoms with Crippen molar-refractivity contribution in [2.45, 2.75) is 12.8 Å². The highest BCUT2D eigenvalue weighted by Crippen LogP contribution is 2.37. The number of rotatable bonds is 1. The lowest BCUT2D eigenvalue weighted by atomic mass is 10.0. The summed E-state index contributed by atoms with van der Waals surface area (Å²) in [7, 11) is 0. The lowest BCUT2D eigenvalue weighted by Crippen LogP contribution is -2.15. The Balaban J connectivity index is 1.65. The van der Waals surface area contributed by atoms with E-state index in [1.807, 2.05) is 24.4 Å². The van der Waals surface area contributed by atoms with Crippen LogP contribution < -0.4 is 9.47 Å². The fraction of sp³-hybridized carbons (Fsp3) is 0.250. The molecule has 2 aromatic heterocycles. The van der Waals surface area contributed by atoms with Crippen LogP contribution in [0.3, 0.4) is 0 Å². The Morgan fingerprint density at radius 1 is 1.04 bits per heavy atom. The second-order valence-corrected chi connectivity index (χ2v) is 6.20. The molecular weight excluding hydrogens is 300 g/mol. The van der Waals surface area contributed by atoms with E-state index in [0.717, 1.165) is 39.4 Å². The molecular formula is C20H16N2O2. The number of hydrogen-bond donors (Lipinski definition) is 1. The first kappa shape index (κ1) is 13.5. The predicted molar refractivity (Wildman–Crippen MR) is 92.1 cm³/mol. The summed E-state index contributed by atoms with van der Waals surface area (Å²) in [4.78, 5) is 7.82. The number of aromatic amines is 1. The highest BCUT2D eigenvalue weighted by atomic mass is 16.6. The van der Waals surface area contributed by atoms with Crippen molar-refractivity contribution in [3.63, 3.8) is 0 Å². The van der Waals surface area contributed by atoms with E-state index in [-0.39, 0.29) is 0 Å². The van der Waals surface area contributed by atoms with Gasteiger partial charge in [0.25, 0.3) is 0 Å². The molecule has 0 amide bonds. The van der Waals surface area contributed by atoms with Crippen LogP contribution in [-0.4, -0.2) is 23.2 Å². The molecule has 2 aliphatic rings. The quantitative estimate of drug-likeness (QED) is 0.695. The Morgan fingerprint density at radius 2 is 1.92 bits per heavy atom. The van der Waals surface area contributed by atoms with E-state index in [9.17, 15) is 0 Å². The van der Waals surface area contributed by atoms with Gasteiger partial charge in [0.05, 0.1) is 0 Å². The van der Waals surface area contributed by atoms with Crippen molar-refractivity contribution in [3.05, 3.63) is 42.2 Å². The zero-order chi connectivity index (χ0) is 15.9. The number of nitrogens with one attached hydrogen (secondary N) is 1. The molecule has 0 atom stereocenters. The summed E-state index contributed by atoms with van der Waals surface area (Å²) >= 11 is 0. The number of aromatic nitrogens is 2. The SMILES string of the molecule is C(#CC1CC1)c1cc(-c2ccc3c(c2)OCCO3)c2cc[nH]c2n1. The molecule has 24 heavy (non-hydrogen) atoms. The van der Waals surface area contributed by atoms with E-state index in [1.165, 1.54) is 12.8 Å². The van der Waals surface area contributed by atoms with Gasteiger partial charge in [0.1, 0.15) is 24.6 Å². The van der Waals surface area contributed by atoms with Gasteiger partial charge in [-0.15, -0.1) is 0 Å². The van der Waals surface area contributed by atoms with Gasteiger partial charge in [-0.2, -0.15) is 0 Å². The van der Waals surface area contributed by atoms with E-state index < -0.39 is 0 Å². The zero-order valence-corrected chi connectivity index (χ0v) is 13.1. The standard InChI is InChI=1S/C20H16N2O2/c1-2-13(1)3-5-15-12-17(16-7-8-21-20(16)22-15)14-4-6-18-19(11-14)24-10-9-23-18/h4,6-8,11-13H,1-2,9-10H2,(H,21,22). The summed E-state index contributed by atoms with van der Waals surface area (Å²) in [5, 5.41) is 1.09. The number of hydrogen-bond acceptors (Lipinski definition) is 3. The molecule has 1 N–H and O–H groups in total. The van der Waals surface area contributed by atoms with Gasteiger partial charge in [-0.3, -0.25) is 0 Å². The van der Waals surface area contributed by atoms with Gasteiger partial charge in [-0.1, -0.05) is 12.0 Å². The van der Waals surface area contributed by atoms with Crippen molar-refractivity contribution >= 4 is 11.0 Å².